The van der Waals surface area contributed by atoms with Crippen LogP contribution in [-0.4, -0.2) is 10.9 Å². The lowest BCUT2D eigenvalue weighted by atomic mass is 10.0. The summed E-state index contributed by atoms with van der Waals surface area (Å²) in [5, 5.41) is 5.99. The lowest BCUT2D eigenvalue weighted by Crippen LogP contribution is -2.23. The van der Waals surface area contributed by atoms with E-state index in [1.165, 1.54) is 5.56 Å². The first-order chi connectivity index (χ1) is 13.1. The van der Waals surface area contributed by atoms with Gasteiger partial charge >= 0.3 is 0 Å². The highest BCUT2D eigenvalue weighted by molar-refractivity contribution is 7.13. The Morgan fingerprint density at radius 1 is 1.04 bits per heavy atom. The van der Waals surface area contributed by atoms with Crippen LogP contribution < -0.4 is 5.32 Å². The number of nitrogens with zero attached hydrogens (tertiary/aromatic N) is 1. The summed E-state index contributed by atoms with van der Waals surface area (Å²) < 4.78 is 0. The van der Waals surface area contributed by atoms with Crippen LogP contribution in [0.1, 0.15) is 27.2 Å². The third-order valence-corrected chi connectivity index (χ3v) is 5.44. The van der Waals surface area contributed by atoms with Gasteiger partial charge < -0.3 is 5.32 Å². The number of nitrogens with one attached hydrogen (secondary N) is 1. The maximum Gasteiger partial charge on any atom is 0.252 e. The van der Waals surface area contributed by atoms with Crippen molar-refractivity contribution >= 4 is 28.1 Å². The summed E-state index contributed by atoms with van der Waals surface area (Å²) >= 11 is 1.68. The standard InChI is InChI=1S/C23H20N2OS/c1-15-6-3-7-17(12-15)14-24-23(26)20-13-16(2)25-22-18(20)8-4-9-19(22)21-10-5-11-27-21/h3-13H,14H2,1-2H3,(H,24,26). The number of pyridine rings is 1. The van der Waals surface area contributed by atoms with Gasteiger partial charge in [0.2, 0.25) is 0 Å². The second-order valence-electron chi connectivity index (χ2n) is 6.66. The molecule has 1 amide bonds. The van der Waals surface area contributed by atoms with Gasteiger partial charge in [-0.25, -0.2) is 0 Å². The van der Waals surface area contributed by atoms with Crippen molar-refractivity contribution in [1.82, 2.24) is 10.3 Å². The lowest BCUT2D eigenvalue weighted by molar-refractivity contribution is 0.0952. The van der Waals surface area contributed by atoms with Crippen LogP contribution in [0.15, 0.2) is 66.0 Å². The number of hydrogen-bond acceptors (Lipinski definition) is 3. The molecule has 0 radical (unpaired) electrons. The molecule has 0 aliphatic carbocycles. The molecule has 2 heterocycles. The molecule has 4 aromatic rings. The molecule has 27 heavy (non-hydrogen) atoms. The number of thiophene rings is 1. The number of para-hydroxylation sites is 1. The Kier molecular flexibility index (Phi) is 4.73. The van der Waals surface area contributed by atoms with Crippen molar-refractivity contribution in [3.8, 4) is 10.4 Å². The van der Waals surface area contributed by atoms with Crippen LogP contribution in [0.3, 0.4) is 0 Å². The SMILES string of the molecule is Cc1cccc(CNC(=O)c2cc(C)nc3c(-c4cccs4)cccc23)c1. The highest BCUT2D eigenvalue weighted by Gasteiger charge is 2.15. The van der Waals surface area contributed by atoms with Crippen molar-refractivity contribution in [2.75, 3.05) is 0 Å². The van der Waals surface area contributed by atoms with Gasteiger partial charge in [0.05, 0.1) is 11.1 Å². The molecule has 0 atom stereocenters. The number of carbonyl (C=O) groups is 1. The minimum atomic E-state index is -0.0738. The van der Waals surface area contributed by atoms with E-state index in [2.05, 4.69) is 41.9 Å². The van der Waals surface area contributed by atoms with Crippen LogP contribution in [-0.2, 0) is 6.54 Å². The number of fused-ring (bicyclic) bond motifs is 1. The molecule has 4 rings (SSSR count). The van der Waals surface area contributed by atoms with Crippen LogP contribution in [0.5, 0.6) is 0 Å². The summed E-state index contributed by atoms with van der Waals surface area (Å²) in [6, 6.07) is 20.2. The predicted molar refractivity (Wildman–Crippen MR) is 112 cm³/mol. The van der Waals surface area contributed by atoms with E-state index >= 15 is 0 Å². The topological polar surface area (TPSA) is 42.0 Å². The second-order valence-corrected chi connectivity index (χ2v) is 7.61. The molecule has 4 heteroatoms. The van der Waals surface area contributed by atoms with Crippen LogP contribution in [0, 0.1) is 13.8 Å². The number of amides is 1. The number of hydrogen-bond donors (Lipinski definition) is 1. The summed E-state index contributed by atoms with van der Waals surface area (Å²) in [4.78, 5) is 18.8. The minimum Gasteiger partial charge on any atom is -0.348 e. The van der Waals surface area contributed by atoms with Gasteiger partial charge in [-0.2, -0.15) is 0 Å². The summed E-state index contributed by atoms with van der Waals surface area (Å²) in [6.07, 6.45) is 0. The van der Waals surface area contributed by atoms with Crippen molar-refractivity contribution in [3.05, 3.63) is 88.4 Å². The van der Waals surface area contributed by atoms with E-state index in [0.29, 0.717) is 12.1 Å². The quantitative estimate of drug-likeness (QED) is 0.513. The average molecular weight is 372 g/mol. The molecule has 0 aliphatic heterocycles. The van der Waals surface area contributed by atoms with Crippen LogP contribution in [0.25, 0.3) is 21.3 Å². The lowest BCUT2D eigenvalue weighted by Gasteiger charge is -2.11. The molecule has 0 aliphatic rings. The van der Waals surface area contributed by atoms with Crippen LogP contribution in [0.2, 0.25) is 0 Å². The molecule has 0 saturated heterocycles. The molecular weight excluding hydrogens is 352 g/mol. The molecule has 0 fully saturated rings. The number of rotatable bonds is 4. The average Bonchev–Trinajstić information content (AvgIpc) is 3.19. The zero-order valence-corrected chi connectivity index (χ0v) is 16.1. The number of benzene rings is 2. The van der Waals surface area contributed by atoms with Gasteiger partial charge in [-0.1, -0.05) is 54.1 Å². The van der Waals surface area contributed by atoms with Crippen molar-refractivity contribution in [2.45, 2.75) is 20.4 Å². The number of aryl methyl sites for hydroxylation is 2. The van der Waals surface area contributed by atoms with Crippen molar-refractivity contribution in [3.63, 3.8) is 0 Å². The summed E-state index contributed by atoms with van der Waals surface area (Å²) in [7, 11) is 0. The maximum absolute atomic E-state index is 12.9. The van der Waals surface area contributed by atoms with Gasteiger partial charge in [-0.05, 0) is 36.9 Å². The van der Waals surface area contributed by atoms with Gasteiger partial charge in [-0.15, -0.1) is 11.3 Å². The van der Waals surface area contributed by atoms with Crippen molar-refractivity contribution in [1.29, 1.82) is 0 Å². The Morgan fingerprint density at radius 3 is 2.67 bits per heavy atom. The van der Waals surface area contributed by atoms with Gasteiger partial charge in [0.1, 0.15) is 0 Å². The normalized spacial score (nSPS) is 10.9. The maximum atomic E-state index is 12.9. The number of carbonyl (C=O) groups excluding carboxylic acids is 1. The first-order valence-electron chi connectivity index (χ1n) is 8.90. The third kappa shape index (κ3) is 3.62. The van der Waals surface area contributed by atoms with E-state index in [0.717, 1.165) is 32.6 Å². The van der Waals surface area contributed by atoms with E-state index < -0.39 is 0 Å². The fourth-order valence-electron chi connectivity index (χ4n) is 3.29. The Labute approximate surface area is 162 Å². The predicted octanol–water partition coefficient (Wildman–Crippen LogP) is 5.51. The Morgan fingerprint density at radius 2 is 1.89 bits per heavy atom. The fraction of sp³-hybridized carbons (Fsp3) is 0.130. The first kappa shape index (κ1) is 17.4. The molecule has 0 saturated carbocycles. The van der Waals surface area contributed by atoms with E-state index in [1.807, 2.05) is 43.3 Å². The molecule has 0 unspecified atom stereocenters. The monoisotopic (exact) mass is 372 g/mol. The first-order valence-corrected chi connectivity index (χ1v) is 9.78. The molecule has 0 spiro atoms. The summed E-state index contributed by atoms with van der Waals surface area (Å²) in [5.41, 5.74) is 5.74. The Bertz CT molecular complexity index is 1120. The third-order valence-electron chi connectivity index (χ3n) is 4.53. The zero-order valence-electron chi connectivity index (χ0n) is 15.3. The van der Waals surface area contributed by atoms with E-state index in [9.17, 15) is 4.79 Å². The van der Waals surface area contributed by atoms with Crippen molar-refractivity contribution < 1.29 is 4.79 Å². The van der Waals surface area contributed by atoms with E-state index in [4.69, 9.17) is 4.98 Å². The Balaban J connectivity index is 1.71. The van der Waals surface area contributed by atoms with Crippen molar-refractivity contribution in [2.24, 2.45) is 0 Å². The molecule has 0 bridgehead atoms. The second kappa shape index (κ2) is 7.33. The van der Waals surface area contributed by atoms with E-state index in [1.54, 1.807) is 11.3 Å². The Hall–Kier alpha value is -2.98. The van der Waals surface area contributed by atoms with Crippen LogP contribution in [0.4, 0.5) is 0 Å². The molecule has 134 valence electrons. The molecule has 3 nitrogen and oxygen atoms in total. The highest BCUT2D eigenvalue weighted by atomic mass is 32.1. The molecule has 2 aromatic heterocycles. The van der Waals surface area contributed by atoms with Gasteiger partial charge in [0.15, 0.2) is 0 Å². The smallest absolute Gasteiger partial charge is 0.252 e. The van der Waals surface area contributed by atoms with E-state index in [-0.39, 0.29) is 5.91 Å². The molecule has 2 aromatic carbocycles. The molecule has 1 N–H and O–H groups in total. The fourth-order valence-corrected chi connectivity index (χ4v) is 4.05. The van der Waals surface area contributed by atoms with Crippen LogP contribution >= 0.6 is 11.3 Å². The minimum absolute atomic E-state index is 0.0738. The molecular formula is C23H20N2OS. The van der Waals surface area contributed by atoms with Gasteiger partial charge in [0.25, 0.3) is 5.91 Å². The van der Waals surface area contributed by atoms with Gasteiger partial charge in [-0.3, -0.25) is 9.78 Å². The number of aromatic nitrogens is 1. The summed E-state index contributed by atoms with van der Waals surface area (Å²) in [6.45, 7) is 4.49. The highest BCUT2D eigenvalue weighted by Crippen LogP contribution is 2.32. The van der Waals surface area contributed by atoms with Gasteiger partial charge in [0, 0.05) is 28.1 Å². The summed E-state index contributed by atoms with van der Waals surface area (Å²) in [5.74, 6) is -0.0738. The largest absolute Gasteiger partial charge is 0.348 e. The zero-order chi connectivity index (χ0) is 18.8.